The molecule has 0 fully saturated rings. The van der Waals surface area contributed by atoms with Crippen LogP contribution in [-0.4, -0.2) is 7.11 Å². The summed E-state index contributed by atoms with van der Waals surface area (Å²) >= 11 is 3.61. The number of methoxy groups -OCH3 is 1. The molecule has 0 aliphatic heterocycles. The van der Waals surface area contributed by atoms with Crippen LogP contribution in [-0.2, 0) is 5.41 Å². The number of rotatable bonds is 1. The van der Waals surface area contributed by atoms with Crippen LogP contribution in [0.25, 0.3) is 21.9 Å². The predicted molar refractivity (Wildman–Crippen MR) is 95.8 cm³/mol. The molecular formula is C20H17BrO. The topological polar surface area (TPSA) is 9.23 Å². The molecule has 0 aromatic heterocycles. The van der Waals surface area contributed by atoms with Crippen LogP contribution >= 0.6 is 15.9 Å². The second-order valence-electron chi connectivity index (χ2n) is 6.36. The number of hydrogen-bond acceptors (Lipinski definition) is 1. The Labute approximate surface area is 139 Å². The lowest BCUT2D eigenvalue weighted by atomic mass is 9.82. The van der Waals surface area contributed by atoms with E-state index in [4.69, 9.17) is 4.74 Å². The minimum absolute atomic E-state index is 0.0221. The van der Waals surface area contributed by atoms with E-state index in [9.17, 15) is 0 Å². The molecular weight excluding hydrogens is 336 g/mol. The highest BCUT2D eigenvalue weighted by Crippen LogP contribution is 2.53. The van der Waals surface area contributed by atoms with Gasteiger partial charge in [0.1, 0.15) is 5.75 Å². The minimum Gasteiger partial charge on any atom is -0.496 e. The molecule has 0 saturated heterocycles. The van der Waals surface area contributed by atoms with Crippen LogP contribution in [0.4, 0.5) is 0 Å². The summed E-state index contributed by atoms with van der Waals surface area (Å²) in [6, 6.07) is 17.3. The molecule has 1 nitrogen and oxygen atoms in total. The molecule has 1 aliphatic rings. The molecule has 0 bridgehead atoms. The number of halogens is 1. The zero-order valence-electron chi connectivity index (χ0n) is 12.9. The third-order valence-electron chi connectivity index (χ3n) is 4.82. The normalized spacial score (nSPS) is 14.7. The van der Waals surface area contributed by atoms with E-state index in [0.717, 1.165) is 10.2 Å². The number of fused-ring (bicyclic) bond motifs is 5. The van der Waals surface area contributed by atoms with Crippen LogP contribution in [0.15, 0.2) is 53.0 Å². The Hall–Kier alpha value is -1.80. The molecule has 1 aliphatic carbocycles. The summed E-state index contributed by atoms with van der Waals surface area (Å²) in [6.45, 7) is 4.58. The second kappa shape index (κ2) is 4.60. The highest BCUT2D eigenvalue weighted by atomic mass is 79.9. The van der Waals surface area contributed by atoms with Crippen molar-refractivity contribution in [3.05, 3.63) is 64.1 Å². The zero-order chi connectivity index (χ0) is 15.5. The van der Waals surface area contributed by atoms with E-state index in [-0.39, 0.29) is 5.41 Å². The fourth-order valence-corrected chi connectivity index (χ4v) is 4.05. The Morgan fingerprint density at radius 1 is 0.909 bits per heavy atom. The summed E-state index contributed by atoms with van der Waals surface area (Å²) in [6.07, 6.45) is 0. The van der Waals surface area contributed by atoms with Gasteiger partial charge in [0.05, 0.1) is 7.11 Å². The summed E-state index contributed by atoms with van der Waals surface area (Å²) < 4.78 is 6.79. The Morgan fingerprint density at radius 3 is 2.36 bits per heavy atom. The number of ether oxygens (including phenoxy) is 1. The molecule has 22 heavy (non-hydrogen) atoms. The maximum atomic E-state index is 5.66. The first kappa shape index (κ1) is 13.8. The molecule has 0 saturated carbocycles. The van der Waals surface area contributed by atoms with Crippen molar-refractivity contribution in [2.24, 2.45) is 0 Å². The molecule has 3 aromatic rings. The van der Waals surface area contributed by atoms with Gasteiger partial charge in [0.2, 0.25) is 0 Å². The predicted octanol–water partition coefficient (Wildman–Crippen LogP) is 5.92. The molecule has 3 aromatic carbocycles. The average Bonchev–Trinajstić information content (AvgIpc) is 2.74. The summed E-state index contributed by atoms with van der Waals surface area (Å²) in [5.74, 6) is 0.953. The van der Waals surface area contributed by atoms with Crippen molar-refractivity contribution in [2.45, 2.75) is 19.3 Å². The SMILES string of the molecule is COc1cc2c(c3ccccc13)-c1ccc(Br)cc1C2(C)C. The smallest absolute Gasteiger partial charge is 0.127 e. The minimum atomic E-state index is -0.0221. The molecule has 0 unspecified atom stereocenters. The average molecular weight is 353 g/mol. The fourth-order valence-electron chi connectivity index (χ4n) is 3.69. The van der Waals surface area contributed by atoms with Gasteiger partial charge in [-0.15, -0.1) is 0 Å². The number of hydrogen-bond donors (Lipinski definition) is 0. The molecule has 0 spiro atoms. The third-order valence-corrected chi connectivity index (χ3v) is 5.32. The van der Waals surface area contributed by atoms with E-state index in [1.54, 1.807) is 7.11 Å². The first-order valence-corrected chi connectivity index (χ1v) is 8.24. The first-order valence-electron chi connectivity index (χ1n) is 7.44. The molecule has 2 heteroatoms. The standard InChI is InChI=1S/C20H17BrO/c1-20(2)16-10-12(21)8-9-15(16)19-14-7-5-4-6-13(14)18(22-3)11-17(19)20/h4-11H,1-3H3. The van der Waals surface area contributed by atoms with E-state index in [2.05, 4.69) is 78.3 Å². The van der Waals surface area contributed by atoms with Crippen molar-refractivity contribution < 1.29 is 4.74 Å². The van der Waals surface area contributed by atoms with E-state index in [1.165, 1.54) is 33.0 Å². The van der Waals surface area contributed by atoms with Gasteiger partial charge in [0.25, 0.3) is 0 Å². The molecule has 0 N–H and O–H groups in total. The van der Waals surface area contributed by atoms with Crippen LogP contribution in [0, 0.1) is 0 Å². The van der Waals surface area contributed by atoms with Gasteiger partial charge in [-0.05, 0) is 45.8 Å². The largest absolute Gasteiger partial charge is 0.496 e. The van der Waals surface area contributed by atoms with Gasteiger partial charge in [-0.25, -0.2) is 0 Å². The monoisotopic (exact) mass is 352 g/mol. The molecule has 0 amide bonds. The second-order valence-corrected chi connectivity index (χ2v) is 7.28. The van der Waals surface area contributed by atoms with E-state index in [1.807, 2.05) is 0 Å². The van der Waals surface area contributed by atoms with Crippen LogP contribution in [0.1, 0.15) is 25.0 Å². The van der Waals surface area contributed by atoms with Gasteiger partial charge in [-0.3, -0.25) is 0 Å². The lowest BCUT2D eigenvalue weighted by Crippen LogP contribution is -2.15. The van der Waals surface area contributed by atoms with Crippen LogP contribution in [0.3, 0.4) is 0 Å². The van der Waals surface area contributed by atoms with Crippen LogP contribution in [0.5, 0.6) is 5.75 Å². The first-order chi connectivity index (χ1) is 10.5. The number of benzene rings is 3. The Morgan fingerprint density at radius 2 is 1.64 bits per heavy atom. The van der Waals surface area contributed by atoms with Gasteiger partial charge in [0, 0.05) is 15.3 Å². The third kappa shape index (κ3) is 1.70. The van der Waals surface area contributed by atoms with Crippen LogP contribution < -0.4 is 4.74 Å². The fraction of sp³-hybridized carbons (Fsp3) is 0.200. The Balaban J connectivity index is 2.20. The summed E-state index contributed by atoms with van der Waals surface area (Å²) in [7, 11) is 1.75. The zero-order valence-corrected chi connectivity index (χ0v) is 14.5. The highest BCUT2D eigenvalue weighted by Gasteiger charge is 2.37. The van der Waals surface area contributed by atoms with Crippen molar-refractivity contribution in [3.63, 3.8) is 0 Å². The van der Waals surface area contributed by atoms with Crippen LogP contribution in [0.2, 0.25) is 0 Å². The molecule has 0 radical (unpaired) electrons. The lowest BCUT2D eigenvalue weighted by molar-refractivity contribution is 0.418. The molecule has 4 rings (SSSR count). The maximum Gasteiger partial charge on any atom is 0.127 e. The summed E-state index contributed by atoms with van der Waals surface area (Å²) in [5, 5.41) is 2.45. The van der Waals surface area contributed by atoms with Gasteiger partial charge in [-0.2, -0.15) is 0 Å². The maximum absolute atomic E-state index is 5.66. The molecule has 0 heterocycles. The Kier molecular flexibility index (Phi) is 2.89. The van der Waals surface area contributed by atoms with E-state index < -0.39 is 0 Å². The highest BCUT2D eigenvalue weighted by molar-refractivity contribution is 9.10. The molecule has 110 valence electrons. The van der Waals surface area contributed by atoms with Crippen molar-refractivity contribution >= 4 is 26.7 Å². The van der Waals surface area contributed by atoms with Gasteiger partial charge < -0.3 is 4.74 Å². The van der Waals surface area contributed by atoms with Gasteiger partial charge in [0.15, 0.2) is 0 Å². The Bertz CT molecular complexity index is 909. The van der Waals surface area contributed by atoms with E-state index in [0.29, 0.717) is 0 Å². The molecule has 0 atom stereocenters. The quantitative estimate of drug-likeness (QED) is 0.528. The summed E-state index contributed by atoms with van der Waals surface area (Å²) in [5.41, 5.74) is 5.38. The van der Waals surface area contributed by atoms with Crippen molar-refractivity contribution in [1.82, 2.24) is 0 Å². The van der Waals surface area contributed by atoms with Gasteiger partial charge in [-0.1, -0.05) is 60.1 Å². The van der Waals surface area contributed by atoms with Crippen molar-refractivity contribution in [2.75, 3.05) is 7.11 Å². The lowest BCUT2D eigenvalue weighted by Gasteiger charge is -2.22. The van der Waals surface area contributed by atoms with Gasteiger partial charge >= 0.3 is 0 Å². The summed E-state index contributed by atoms with van der Waals surface area (Å²) in [4.78, 5) is 0. The van der Waals surface area contributed by atoms with Crippen molar-refractivity contribution in [1.29, 1.82) is 0 Å². The van der Waals surface area contributed by atoms with E-state index >= 15 is 0 Å². The van der Waals surface area contributed by atoms with Crippen molar-refractivity contribution in [3.8, 4) is 16.9 Å².